The number of nitrogens with one attached hydrogen (secondary N) is 1. The third kappa shape index (κ3) is 4.37. The Labute approximate surface area is 231 Å². The van der Waals surface area contributed by atoms with Gasteiger partial charge < -0.3 is 14.5 Å². The zero-order chi connectivity index (χ0) is 27.3. The number of hydrogen-bond donors (Lipinski definition) is 1. The Bertz CT molecular complexity index is 1620. The minimum Gasteiger partial charge on any atom is -0.497 e. The summed E-state index contributed by atoms with van der Waals surface area (Å²) in [6, 6.07) is 17.5. The lowest BCUT2D eigenvalue weighted by molar-refractivity contribution is -0.122. The number of carbonyl (C=O) groups is 3. The third-order valence-electron chi connectivity index (χ3n) is 6.87. The van der Waals surface area contributed by atoms with Crippen LogP contribution in [0.25, 0.3) is 0 Å². The number of furan rings is 1. The van der Waals surface area contributed by atoms with Crippen LogP contribution in [0.4, 0.5) is 11.4 Å². The molecule has 198 valence electrons. The number of anilines is 2. The highest BCUT2D eigenvalue weighted by molar-refractivity contribution is 8.00. The summed E-state index contributed by atoms with van der Waals surface area (Å²) in [7, 11) is 1.54. The highest BCUT2D eigenvalue weighted by Crippen LogP contribution is 2.54. The van der Waals surface area contributed by atoms with Gasteiger partial charge in [-0.05, 0) is 55.5 Å². The number of thioether (sulfide) groups is 1. The Morgan fingerprint density at radius 1 is 1.03 bits per heavy atom. The minimum atomic E-state index is -0.789. The van der Waals surface area contributed by atoms with Crippen molar-refractivity contribution in [2.24, 2.45) is 5.92 Å². The van der Waals surface area contributed by atoms with Crippen molar-refractivity contribution in [2.45, 2.75) is 29.7 Å². The van der Waals surface area contributed by atoms with Gasteiger partial charge in [0.05, 0.1) is 40.8 Å². The van der Waals surface area contributed by atoms with Gasteiger partial charge in [0.1, 0.15) is 23.3 Å². The van der Waals surface area contributed by atoms with E-state index in [1.54, 1.807) is 55.6 Å². The van der Waals surface area contributed by atoms with E-state index in [1.807, 2.05) is 19.1 Å². The molecule has 11 heteroatoms. The first kappa shape index (κ1) is 25.2. The Balaban J connectivity index is 1.36. The van der Waals surface area contributed by atoms with Crippen LogP contribution in [-0.2, 0) is 20.9 Å². The van der Waals surface area contributed by atoms with E-state index in [2.05, 4.69) is 5.32 Å². The summed E-state index contributed by atoms with van der Waals surface area (Å²) < 4.78 is 12.3. The number of nitrogens with zero attached hydrogens (tertiary/aromatic N) is 2. The molecule has 9 nitrogen and oxygen atoms in total. The molecule has 0 radical (unpaired) electrons. The molecule has 2 aliphatic heterocycles. The Morgan fingerprint density at radius 3 is 2.44 bits per heavy atom. The number of carbonyl (C=O) groups excluding carboxylic acids is 3. The van der Waals surface area contributed by atoms with Gasteiger partial charge in [0.2, 0.25) is 17.7 Å². The first-order valence-electron chi connectivity index (χ1n) is 12.2. The van der Waals surface area contributed by atoms with Gasteiger partial charge in [0.25, 0.3) is 0 Å². The zero-order valence-corrected chi connectivity index (χ0v) is 22.6. The monoisotopic (exact) mass is 561 g/mol. The number of fused-ring (bicyclic) bond motifs is 2. The molecule has 4 heterocycles. The quantitative estimate of drug-likeness (QED) is 0.350. The van der Waals surface area contributed by atoms with Crippen LogP contribution < -0.4 is 19.8 Å². The number of aryl methyl sites for hydroxylation is 1. The molecular weight excluding hydrogens is 538 g/mol. The molecule has 2 aliphatic rings. The number of hydrogen-bond acceptors (Lipinski definition) is 8. The Morgan fingerprint density at radius 2 is 1.77 bits per heavy atom. The van der Waals surface area contributed by atoms with Crippen LogP contribution in [0.3, 0.4) is 0 Å². The van der Waals surface area contributed by atoms with E-state index in [4.69, 9.17) is 9.15 Å². The number of methoxy groups -OCH3 is 1. The third-order valence-corrected chi connectivity index (χ3v) is 9.47. The second kappa shape index (κ2) is 9.90. The molecule has 0 spiro atoms. The Hall–Kier alpha value is -4.09. The van der Waals surface area contributed by atoms with Crippen LogP contribution in [0.2, 0.25) is 0 Å². The van der Waals surface area contributed by atoms with Crippen molar-refractivity contribution < 1.29 is 23.5 Å². The molecule has 0 saturated carbocycles. The second-order valence-electron chi connectivity index (χ2n) is 9.30. The zero-order valence-electron chi connectivity index (χ0n) is 21.0. The maximum absolute atomic E-state index is 13.8. The first-order valence-corrected chi connectivity index (χ1v) is 13.9. The maximum atomic E-state index is 13.8. The molecule has 1 N–H and O–H groups in total. The van der Waals surface area contributed by atoms with Crippen molar-refractivity contribution in [3.63, 3.8) is 0 Å². The first-order chi connectivity index (χ1) is 18.9. The van der Waals surface area contributed by atoms with Crippen molar-refractivity contribution in [3.8, 4) is 5.75 Å². The molecule has 39 heavy (non-hydrogen) atoms. The number of rotatable bonds is 6. The van der Waals surface area contributed by atoms with E-state index < -0.39 is 17.1 Å². The maximum Gasteiger partial charge on any atom is 0.308 e. The average molecular weight is 562 g/mol. The topological polar surface area (TPSA) is 111 Å². The summed E-state index contributed by atoms with van der Waals surface area (Å²) in [5.74, 6) is -1.42. The predicted molar refractivity (Wildman–Crippen MR) is 148 cm³/mol. The van der Waals surface area contributed by atoms with Gasteiger partial charge in [0.15, 0.2) is 0 Å². The number of benzene rings is 2. The smallest absolute Gasteiger partial charge is 0.308 e. The molecule has 1 saturated heterocycles. The molecular formula is C28H23N3O6S2. The lowest BCUT2D eigenvalue weighted by Crippen LogP contribution is -2.32. The van der Waals surface area contributed by atoms with Gasteiger partial charge in [0, 0.05) is 5.69 Å². The van der Waals surface area contributed by atoms with Gasteiger partial charge in [-0.1, -0.05) is 40.8 Å². The fourth-order valence-corrected chi connectivity index (χ4v) is 7.75. The van der Waals surface area contributed by atoms with Crippen molar-refractivity contribution >= 4 is 52.2 Å². The van der Waals surface area contributed by atoms with E-state index in [9.17, 15) is 19.2 Å². The van der Waals surface area contributed by atoms with Gasteiger partial charge in [-0.15, -0.1) is 0 Å². The molecule has 3 amide bonds. The number of amides is 3. The fraction of sp³-hybridized carbons (Fsp3) is 0.214. The highest BCUT2D eigenvalue weighted by atomic mass is 32.2. The van der Waals surface area contributed by atoms with E-state index in [-0.39, 0.29) is 29.1 Å². The van der Waals surface area contributed by atoms with E-state index >= 15 is 0 Å². The molecule has 0 aliphatic carbocycles. The molecule has 3 unspecified atom stereocenters. The summed E-state index contributed by atoms with van der Waals surface area (Å²) in [5, 5.41) is 2.53. The van der Waals surface area contributed by atoms with Gasteiger partial charge in [-0.3, -0.25) is 23.7 Å². The summed E-state index contributed by atoms with van der Waals surface area (Å²) in [4.78, 5) is 55.0. The molecule has 4 aromatic rings. The largest absolute Gasteiger partial charge is 0.497 e. The number of aromatic nitrogens is 1. The van der Waals surface area contributed by atoms with Crippen molar-refractivity contribution in [1.29, 1.82) is 0 Å². The van der Waals surface area contributed by atoms with Crippen molar-refractivity contribution in [1.82, 2.24) is 4.57 Å². The van der Waals surface area contributed by atoms with Gasteiger partial charge in [-0.25, -0.2) is 4.90 Å². The van der Waals surface area contributed by atoms with E-state index in [0.29, 0.717) is 32.8 Å². The van der Waals surface area contributed by atoms with Crippen LogP contribution >= 0.6 is 23.1 Å². The number of ether oxygens (including phenoxy) is 1. The minimum absolute atomic E-state index is 0.224. The van der Waals surface area contributed by atoms with Crippen molar-refractivity contribution in [2.75, 3.05) is 17.3 Å². The van der Waals surface area contributed by atoms with Crippen LogP contribution in [0.5, 0.6) is 5.75 Å². The molecule has 1 fully saturated rings. The number of imide groups is 1. The molecule has 3 atom stereocenters. The van der Waals surface area contributed by atoms with Crippen LogP contribution in [0, 0.1) is 12.8 Å². The van der Waals surface area contributed by atoms with Crippen molar-refractivity contribution in [3.05, 3.63) is 92.8 Å². The fourth-order valence-electron chi connectivity index (χ4n) is 5.00. The molecule has 6 rings (SSSR count). The highest BCUT2D eigenvalue weighted by Gasteiger charge is 2.57. The normalized spacial score (nSPS) is 20.1. The standard InChI is InChI=1S/C28H23N3O6S2/c1-15-5-7-16(8-6-15)29-20(32)14-30-27-24(39-28(30)35)21(19-4-3-13-37-19)22-23(38-27)26(34)31(25(22)33)17-9-11-18(36-2)12-10-17/h3-13,21-23H,14H2,1-2H3,(H,29,32). The van der Waals surface area contributed by atoms with E-state index in [1.165, 1.54) is 15.7 Å². The van der Waals surface area contributed by atoms with Crippen LogP contribution in [0.15, 0.2) is 81.2 Å². The van der Waals surface area contributed by atoms with Gasteiger partial charge >= 0.3 is 4.87 Å². The van der Waals surface area contributed by atoms with Crippen LogP contribution in [0.1, 0.15) is 22.1 Å². The molecule has 2 aromatic heterocycles. The SMILES string of the molecule is COc1ccc(N2C(=O)C3Sc4c(sc(=O)n4CC(=O)Nc4ccc(C)cc4)C(c4ccco4)C3C2=O)cc1. The molecule has 2 aromatic carbocycles. The Kier molecular flexibility index (Phi) is 6.40. The summed E-state index contributed by atoms with van der Waals surface area (Å²) in [5.41, 5.74) is 2.12. The number of thiazole rings is 1. The lowest BCUT2D eigenvalue weighted by Gasteiger charge is -2.29. The lowest BCUT2D eigenvalue weighted by atomic mass is 9.87. The average Bonchev–Trinajstić information content (AvgIpc) is 3.63. The second-order valence-corrected chi connectivity index (χ2v) is 11.4. The predicted octanol–water partition coefficient (Wildman–Crippen LogP) is 4.25. The molecule has 0 bridgehead atoms. The van der Waals surface area contributed by atoms with Crippen LogP contribution in [-0.4, -0.2) is 34.6 Å². The van der Waals surface area contributed by atoms with Gasteiger partial charge in [-0.2, -0.15) is 0 Å². The summed E-state index contributed by atoms with van der Waals surface area (Å²) in [6.45, 7) is 1.73. The van der Waals surface area contributed by atoms with E-state index in [0.717, 1.165) is 28.7 Å². The summed E-state index contributed by atoms with van der Waals surface area (Å²) >= 11 is 2.13. The summed E-state index contributed by atoms with van der Waals surface area (Å²) in [6.07, 6.45) is 1.50.